The predicted molar refractivity (Wildman–Crippen MR) is 93.1 cm³/mol. The van der Waals surface area contributed by atoms with Crippen LogP contribution in [-0.4, -0.2) is 26.2 Å². The average molecular weight is 288 g/mol. The summed E-state index contributed by atoms with van der Waals surface area (Å²) in [4.78, 5) is 2.60. The van der Waals surface area contributed by atoms with Crippen molar-refractivity contribution in [1.82, 2.24) is 5.32 Å². The third-order valence-corrected chi connectivity index (χ3v) is 5.03. The Labute approximate surface area is 130 Å². The van der Waals surface area contributed by atoms with Crippen molar-refractivity contribution in [2.75, 3.05) is 31.1 Å². The second-order valence-electron chi connectivity index (χ2n) is 6.64. The van der Waals surface area contributed by atoms with E-state index < -0.39 is 0 Å². The number of aryl methyl sites for hydroxylation is 1. The first-order chi connectivity index (χ1) is 10.2. The summed E-state index contributed by atoms with van der Waals surface area (Å²) < 4.78 is 0. The molecule has 0 atom stereocenters. The van der Waals surface area contributed by atoms with Gasteiger partial charge in [-0.25, -0.2) is 0 Å². The van der Waals surface area contributed by atoms with Gasteiger partial charge in [0.2, 0.25) is 0 Å². The van der Waals surface area contributed by atoms with Gasteiger partial charge in [0.25, 0.3) is 0 Å². The zero-order valence-electron chi connectivity index (χ0n) is 14.1. The summed E-state index contributed by atoms with van der Waals surface area (Å²) in [6.45, 7) is 11.3. The highest BCUT2D eigenvalue weighted by Gasteiger charge is 2.33. The minimum atomic E-state index is 0.465. The number of anilines is 1. The molecule has 0 radical (unpaired) electrons. The highest BCUT2D eigenvalue weighted by Crippen LogP contribution is 2.38. The Kier molecular flexibility index (Phi) is 6.10. The van der Waals surface area contributed by atoms with Crippen LogP contribution in [0, 0.1) is 12.3 Å². The van der Waals surface area contributed by atoms with Crippen molar-refractivity contribution >= 4 is 5.69 Å². The summed E-state index contributed by atoms with van der Waals surface area (Å²) >= 11 is 0. The number of hydrogen-bond donors (Lipinski definition) is 1. The smallest absolute Gasteiger partial charge is 0.0396 e. The molecule has 0 bridgehead atoms. The van der Waals surface area contributed by atoms with Gasteiger partial charge in [0.05, 0.1) is 0 Å². The summed E-state index contributed by atoms with van der Waals surface area (Å²) in [5.74, 6) is 0. The van der Waals surface area contributed by atoms with Gasteiger partial charge in [-0.15, -0.1) is 0 Å². The summed E-state index contributed by atoms with van der Waals surface area (Å²) in [6.07, 6.45) is 6.97. The summed E-state index contributed by atoms with van der Waals surface area (Å²) in [5.41, 5.74) is 3.28. The molecule has 1 N–H and O–H groups in total. The van der Waals surface area contributed by atoms with Gasteiger partial charge in [-0.3, -0.25) is 0 Å². The lowest BCUT2D eigenvalue weighted by atomic mass is 9.73. The maximum atomic E-state index is 3.63. The van der Waals surface area contributed by atoms with E-state index in [0.717, 1.165) is 13.1 Å². The van der Waals surface area contributed by atoms with Crippen LogP contribution in [0.15, 0.2) is 24.3 Å². The molecule has 0 unspecified atom stereocenters. The largest absolute Gasteiger partial charge is 0.371 e. The normalized spacial score (nSPS) is 17.7. The molecule has 1 aromatic carbocycles. The van der Waals surface area contributed by atoms with E-state index >= 15 is 0 Å². The van der Waals surface area contributed by atoms with Crippen molar-refractivity contribution in [3.05, 3.63) is 29.8 Å². The Bertz CT molecular complexity index is 421. The van der Waals surface area contributed by atoms with E-state index in [1.807, 2.05) is 0 Å². The molecule has 1 aromatic rings. The third-order valence-electron chi connectivity index (χ3n) is 5.03. The van der Waals surface area contributed by atoms with Crippen molar-refractivity contribution in [2.24, 2.45) is 5.41 Å². The lowest BCUT2D eigenvalue weighted by Gasteiger charge is -2.42. The van der Waals surface area contributed by atoms with Gasteiger partial charge >= 0.3 is 0 Å². The molecule has 2 rings (SSSR count). The van der Waals surface area contributed by atoms with Gasteiger partial charge in [-0.2, -0.15) is 0 Å². The van der Waals surface area contributed by atoms with Gasteiger partial charge in [-0.1, -0.05) is 44.4 Å². The van der Waals surface area contributed by atoms with Gasteiger partial charge in [0.1, 0.15) is 0 Å². The Hall–Kier alpha value is -1.02. The minimum Gasteiger partial charge on any atom is -0.371 e. The number of nitrogens with one attached hydrogen (secondary N) is 1. The molecule has 2 heteroatoms. The first kappa shape index (κ1) is 16.4. The molecule has 1 aliphatic rings. The van der Waals surface area contributed by atoms with Crippen LogP contribution in [0.25, 0.3) is 0 Å². The highest BCUT2D eigenvalue weighted by molar-refractivity contribution is 5.53. The third kappa shape index (κ3) is 4.23. The Morgan fingerprint density at radius 1 is 1.10 bits per heavy atom. The molecule has 0 spiro atoms. The van der Waals surface area contributed by atoms with Crippen LogP contribution in [0.2, 0.25) is 0 Å². The Morgan fingerprint density at radius 3 is 2.43 bits per heavy atom. The zero-order valence-corrected chi connectivity index (χ0v) is 14.1. The van der Waals surface area contributed by atoms with E-state index in [1.54, 1.807) is 0 Å². The maximum absolute atomic E-state index is 3.63. The molecule has 0 aliphatic heterocycles. The van der Waals surface area contributed by atoms with E-state index in [9.17, 15) is 0 Å². The molecule has 1 saturated carbocycles. The van der Waals surface area contributed by atoms with Crippen molar-refractivity contribution in [3.8, 4) is 0 Å². The van der Waals surface area contributed by atoms with Crippen molar-refractivity contribution in [2.45, 2.75) is 52.9 Å². The van der Waals surface area contributed by atoms with Crippen LogP contribution in [0.3, 0.4) is 0 Å². The Morgan fingerprint density at radius 2 is 1.81 bits per heavy atom. The maximum Gasteiger partial charge on any atom is 0.0396 e. The fourth-order valence-electron chi connectivity index (χ4n) is 3.77. The molecule has 0 saturated heterocycles. The lowest BCUT2D eigenvalue weighted by molar-refractivity contribution is 0.189. The predicted octanol–water partition coefficient (Wildman–Crippen LogP) is 4.38. The molecule has 1 fully saturated rings. The SMILES string of the molecule is CCNCC1(CN(CC)c2ccccc2C)CCCCC1. The molecular weight excluding hydrogens is 256 g/mol. The van der Waals surface area contributed by atoms with Crippen LogP contribution in [-0.2, 0) is 0 Å². The molecule has 118 valence electrons. The lowest BCUT2D eigenvalue weighted by Crippen LogP contribution is -2.45. The van der Waals surface area contributed by atoms with Gasteiger partial charge in [0, 0.05) is 30.7 Å². The molecule has 21 heavy (non-hydrogen) atoms. The van der Waals surface area contributed by atoms with Crippen molar-refractivity contribution in [3.63, 3.8) is 0 Å². The highest BCUT2D eigenvalue weighted by atomic mass is 15.1. The van der Waals surface area contributed by atoms with Gasteiger partial charge in [0.15, 0.2) is 0 Å². The second-order valence-corrected chi connectivity index (χ2v) is 6.64. The van der Waals surface area contributed by atoms with Crippen LogP contribution >= 0.6 is 0 Å². The second kappa shape index (κ2) is 7.84. The first-order valence-electron chi connectivity index (χ1n) is 8.72. The number of nitrogens with zero attached hydrogens (tertiary/aromatic N) is 1. The molecule has 1 aliphatic carbocycles. The minimum absolute atomic E-state index is 0.465. The fraction of sp³-hybridized carbons (Fsp3) is 0.684. The van der Waals surface area contributed by atoms with Crippen LogP contribution in [0.1, 0.15) is 51.5 Å². The molecule has 0 aromatic heterocycles. The molecular formula is C19H32N2. The first-order valence-corrected chi connectivity index (χ1v) is 8.72. The number of benzene rings is 1. The van der Waals surface area contributed by atoms with Crippen LogP contribution < -0.4 is 10.2 Å². The average Bonchev–Trinajstić information content (AvgIpc) is 2.52. The monoisotopic (exact) mass is 288 g/mol. The fourth-order valence-corrected chi connectivity index (χ4v) is 3.77. The summed E-state index contributed by atoms with van der Waals surface area (Å²) in [7, 11) is 0. The number of hydrogen-bond acceptors (Lipinski definition) is 2. The van der Waals surface area contributed by atoms with Crippen LogP contribution in [0.5, 0.6) is 0 Å². The standard InChI is InChI=1S/C19H32N2/c1-4-20-15-19(13-9-6-10-14-19)16-21(5-2)18-12-8-7-11-17(18)3/h7-8,11-12,20H,4-6,9-10,13-16H2,1-3H3. The molecule has 0 heterocycles. The van der Waals surface area contributed by atoms with Gasteiger partial charge < -0.3 is 10.2 Å². The van der Waals surface area contributed by atoms with Crippen LogP contribution in [0.4, 0.5) is 5.69 Å². The van der Waals surface area contributed by atoms with Gasteiger partial charge in [-0.05, 0) is 44.9 Å². The topological polar surface area (TPSA) is 15.3 Å². The van der Waals surface area contributed by atoms with E-state index in [-0.39, 0.29) is 0 Å². The molecule has 2 nitrogen and oxygen atoms in total. The van der Waals surface area contributed by atoms with E-state index in [1.165, 1.54) is 56.4 Å². The summed E-state index contributed by atoms with van der Waals surface area (Å²) in [5, 5.41) is 3.63. The number of rotatable bonds is 7. The Balaban J connectivity index is 2.15. The quantitative estimate of drug-likeness (QED) is 0.801. The molecule has 0 amide bonds. The van der Waals surface area contributed by atoms with E-state index in [2.05, 4.69) is 55.3 Å². The number of para-hydroxylation sites is 1. The summed E-state index contributed by atoms with van der Waals surface area (Å²) in [6, 6.07) is 8.82. The van der Waals surface area contributed by atoms with Crippen molar-refractivity contribution in [1.29, 1.82) is 0 Å². The van der Waals surface area contributed by atoms with E-state index in [4.69, 9.17) is 0 Å². The van der Waals surface area contributed by atoms with E-state index in [0.29, 0.717) is 5.41 Å². The van der Waals surface area contributed by atoms with Crippen molar-refractivity contribution < 1.29 is 0 Å². The zero-order chi connectivity index (χ0) is 15.1.